The Bertz CT molecular complexity index is 759. The first kappa shape index (κ1) is 20.6. The van der Waals surface area contributed by atoms with Gasteiger partial charge in [0.15, 0.2) is 10.2 Å². The van der Waals surface area contributed by atoms with Crippen LogP contribution < -0.4 is 21.3 Å². The third kappa shape index (κ3) is 6.46. The van der Waals surface area contributed by atoms with E-state index in [9.17, 15) is 0 Å². The fraction of sp³-hybridized carbons (Fsp3) is 0.364. The van der Waals surface area contributed by atoms with E-state index in [4.69, 9.17) is 24.4 Å². The van der Waals surface area contributed by atoms with Gasteiger partial charge in [0.2, 0.25) is 0 Å². The summed E-state index contributed by atoms with van der Waals surface area (Å²) >= 11 is 10.9. The maximum absolute atomic E-state index is 5.47. The van der Waals surface area contributed by atoms with Crippen LogP contribution in [0.4, 0.5) is 11.4 Å². The van der Waals surface area contributed by atoms with Gasteiger partial charge in [-0.25, -0.2) is 0 Å². The fourth-order valence-corrected chi connectivity index (χ4v) is 4.10. The van der Waals surface area contributed by atoms with E-state index in [1.54, 1.807) is 0 Å². The van der Waals surface area contributed by atoms with Crippen LogP contribution in [0.5, 0.6) is 0 Å². The molecule has 0 bridgehead atoms. The van der Waals surface area contributed by atoms with Crippen molar-refractivity contribution >= 4 is 46.0 Å². The molecule has 1 saturated carbocycles. The van der Waals surface area contributed by atoms with Crippen molar-refractivity contribution in [2.75, 3.05) is 10.6 Å². The second-order valence-corrected chi connectivity index (χ2v) is 8.30. The predicted octanol–water partition coefficient (Wildman–Crippen LogP) is 4.89. The highest BCUT2D eigenvalue weighted by Gasteiger charge is 2.22. The van der Waals surface area contributed by atoms with Gasteiger partial charge >= 0.3 is 0 Å². The maximum Gasteiger partial charge on any atom is 0.170 e. The van der Waals surface area contributed by atoms with Crippen LogP contribution in [0.3, 0.4) is 0 Å². The number of hydrogen-bond acceptors (Lipinski definition) is 2. The smallest absolute Gasteiger partial charge is 0.170 e. The average Bonchev–Trinajstić information content (AvgIpc) is 2.63. The SMILES string of the molecule is Cc1cccc(NC(=S)NC2CCC(NC(=S)Nc3cccc(C)c3)CC2)c1. The van der Waals surface area contributed by atoms with Crippen molar-refractivity contribution < 1.29 is 0 Å². The normalized spacial score (nSPS) is 18.8. The molecule has 1 aliphatic rings. The molecule has 4 nitrogen and oxygen atoms in total. The molecule has 2 aromatic rings. The second kappa shape index (κ2) is 9.85. The van der Waals surface area contributed by atoms with Gasteiger partial charge in [-0.2, -0.15) is 0 Å². The summed E-state index contributed by atoms with van der Waals surface area (Å²) in [6, 6.07) is 17.3. The molecule has 28 heavy (non-hydrogen) atoms. The molecule has 0 saturated heterocycles. The zero-order valence-corrected chi connectivity index (χ0v) is 18.1. The van der Waals surface area contributed by atoms with Crippen LogP contribution in [0.2, 0.25) is 0 Å². The molecule has 6 heteroatoms. The summed E-state index contributed by atoms with van der Waals surface area (Å²) in [6.07, 6.45) is 4.28. The third-order valence-electron chi connectivity index (χ3n) is 4.95. The number of nitrogens with one attached hydrogen (secondary N) is 4. The Morgan fingerprint density at radius 1 is 0.714 bits per heavy atom. The highest BCUT2D eigenvalue weighted by molar-refractivity contribution is 7.80. The quantitative estimate of drug-likeness (QED) is 0.537. The van der Waals surface area contributed by atoms with Crippen molar-refractivity contribution in [3.63, 3.8) is 0 Å². The molecule has 0 heterocycles. The van der Waals surface area contributed by atoms with Crippen LogP contribution in [0.15, 0.2) is 48.5 Å². The molecule has 0 radical (unpaired) electrons. The van der Waals surface area contributed by atoms with E-state index >= 15 is 0 Å². The van der Waals surface area contributed by atoms with Crippen LogP contribution in [0, 0.1) is 13.8 Å². The molecule has 0 unspecified atom stereocenters. The van der Waals surface area contributed by atoms with Gasteiger partial charge in [0, 0.05) is 23.5 Å². The number of benzene rings is 2. The molecule has 148 valence electrons. The number of hydrogen-bond donors (Lipinski definition) is 4. The predicted molar refractivity (Wildman–Crippen MR) is 127 cm³/mol. The molecular formula is C22H28N4S2. The molecule has 1 fully saturated rings. The number of thiocarbonyl (C=S) groups is 2. The molecule has 0 spiro atoms. The zero-order chi connectivity index (χ0) is 19.9. The van der Waals surface area contributed by atoms with Crippen molar-refractivity contribution in [2.24, 2.45) is 0 Å². The largest absolute Gasteiger partial charge is 0.360 e. The van der Waals surface area contributed by atoms with Crippen molar-refractivity contribution in [2.45, 2.75) is 51.6 Å². The molecular weight excluding hydrogens is 384 g/mol. The summed E-state index contributed by atoms with van der Waals surface area (Å²) in [4.78, 5) is 0. The van der Waals surface area contributed by atoms with E-state index in [0.717, 1.165) is 37.1 Å². The molecule has 0 atom stereocenters. The molecule has 3 rings (SSSR count). The lowest BCUT2D eigenvalue weighted by Crippen LogP contribution is -2.45. The van der Waals surface area contributed by atoms with E-state index in [0.29, 0.717) is 22.3 Å². The van der Waals surface area contributed by atoms with Gasteiger partial charge in [-0.3, -0.25) is 0 Å². The highest BCUT2D eigenvalue weighted by atomic mass is 32.1. The van der Waals surface area contributed by atoms with Crippen LogP contribution in [0.1, 0.15) is 36.8 Å². The van der Waals surface area contributed by atoms with Crippen LogP contribution in [-0.4, -0.2) is 22.3 Å². The van der Waals surface area contributed by atoms with E-state index in [2.05, 4.69) is 59.4 Å². The summed E-state index contributed by atoms with van der Waals surface area (Å²) in [5, 5.41) is 14.8. The first-order valence-electron chi connectivity index (χ1n) is 9.76. The average molecular weight is 413 g/mol. The first-order valence-corrected chi connectivity index (χ1v) is 10.6. The lowest BCUT2D eigenvalue weighted by Gasteiger charge is -2.31. The molecule has 2 aromatic carbocycles. The lowest BCUT2D eigenvalue weighted by atomic mass is 9.91. The lowest BCUT2D eigenvalue weighted by molar-refractivity contribution is 0.356. The number of rotatable bonds is 4. The van der Waals surface area contributed by atoms with Gasteiger partial charge in [0.1, 0.15) is 0 Å². The Morgan fingerprint density at radius 3 is 1.46 bits per heavy atom. The Kier molecular flexibility index (Phi) is 7.23. The van der Waals surface area contributed by atoms with Gasteiger partial charge in [-0.05, 0) is 99.4 Å². The van der Waals surface area contributed by atoms with Gasteiger partial charge in [0.05, 0.1) is 0 Å². The summed E-state index contributed by atoms with van der Waals surface area (Å²) in [6.45, 7) is 4.16. The summed E-state index contributed by atoms with van der Waals surface area (Å²) in [5.41, 5.74) is 4.49. The van der Waals surface area contributed by atoms with Crippen molar-refractivity contribution in [1.82, 2.24) is 10.6 Å². The summed E-state index contributed by atoms with van der Waals surface area (Å²) < 4.78 is 0. The molecule has 4 N–H and O–H groups in total. The van der Waals surface area contributed by atoms with E-state index < -0.39 is 0 Å². The van der Waals surface area contributed by atoms with E-state index in [-0.39, 0.29) is 0 Å². The molecule has 0 aliphatic heterocycles. The zero-order valence-electron chi connectivity index (χ0n) is 16.4. The first-order chi connectivity index (χ1) is 13.5. The van der Waals surface area contributed by atoms with Crippen molar-refractivity contribution in [1.29, 1.82) is 0 Å². The minimum Gasteiger partial charge on any atom is -0.360 e. The van der Waals surface area contributed by atoms with E-state index in [1.165, 1.54) is 11.1 Å². The Morgan fingerprint density at radius 2 is 1.11 bits per heavy atom. The number of aryl methyl sites for hydroxylation is 2. The summed E-state index contributed by atoms with van der Waals surface area (Å²) in [5.74, 6) is 0. The molecule has 1 aliphatic carbocycles. The van der Waals surface area contributed by atoms with Crippen LogP contribution in [-0.2, 0) is 0 Å². The van der Waals surface area contributed by atoms with Gasteiger partial charge in [-0.15, -0.1) is 0 Å². The Hall–Kier alpha value is -2.18. The third-order valence-corrected chi connectivity index (χ3v) is 5.39. The summed E-state index contributed by atoms with van der Waals surface area (Å²) in [7, 11) is 0. The Balaban J connectivity index is 1.39. The topological polar surface area (TPSA) is 48.1 Å². The minimum atomic E-state index is 0.404. The van der Waals surface area contributed by atoms with Crippen LogP contribution >= 0.6 is 24.4 Å². The van der Waals surface area contributed by atoms with Gasteiger partial charge in [-0.1, -0.05) is 24.3 Å². The fourth-order valence-electron chi connectivity index (χ4n) is 3.53. The molecule has 0 amide bonds. The van der Waals surface area contributed by atoms with Gasteiger partial charge < -0.3 is 21.3 Å². The van der Waals surface area contributed by atoms with Crippen molar-refractivity contribution in [3.8, 4) is 0 Å². The maximum atomic E-state index is 5.47. The molecule has 0 aromatic heterocycles. The van der Waals surface area contributed by atoms with Gasteiger partial charge in [0.25, 0.3) is 0 Å². The van der Waals surface area contributed by atoms with Crippen LogP contribution in [0.25, 0.3) is 0 Å². The van der Waals surface area contributed by atoms with E-state index in [1.807, 2.05) is 24.3 Å². The monoisotopic (exact) mass is 412 g/mol. The number of anilines is 2. The Labute approximate surface area is 178 Å². The standard InChI is InChI=1S/C22H28N4S2/c1-15-5-3-7-19(13-15)25-21(27)23-17-9-11-18(12-10-17)24-22(28)26-20-8-4-6-16(2)14-20/h3-8,13-14,17-18H,9-12H2,1-2H3,(H2,23,25,27)(H2,24,26,28). The highest BCUT2D eigenvalue weighted by Crippen LogP contribution is 2.19. The minimum absolute atomic E-state index is 0.404. The van der Waals surface area contributed by atoms with Crippen molar-refractivity contribution in [3.05, 3.63) is 59.7 Å². The second-order valence-electron chi connectivity index (χ2n) is 7.48.